The van der Waals surface area contributed by atoms with Crippen LogP contribution in [0.15, 0.2) is 60.7 Å². The van der Waals surface area contributed by atoms with Crippen LogP contribution in [0.5, 0.6) is 11.5 Å². The summed E-state index contributed by atoms with van der Waals surface area (Å²) < 4.78 is 13.4. The number of hydrogen-bond acceptors (Lipinski definition) is 2. The zero-order valence-corrected chi connectivity index (χ0v) is 27.2. The summed E-state index contributed by atoms with van der Waals surface area (Å²) in [4.78, 5) is 0. The Labute approximate surface area is 263 Å². The number of fused-ring (bicyclic) bond motifs is 2. The quantitative estimate of drug-likeness (QED) is 0.0780. The maximum atomic E-state index is 6.71. The topological polar surface area (TPSA) is 18.5 Å². The Hall–Kier alpha value is -2.42. The van der Waals surface area contributed by atoms with Crippen molar-refractivity contribution in [2.45, 2.75) is 103 Å². The normalized spacial score (nSPS) is 11.4. The summed E-state index contributed by atoms with van der Waals surface area (Å²) in [5, 5.41) is 4.59. The second kappa shape index (κ2) is 17.6. The van der Waals surface area contributed by atoms with Crippen LogP contribution in [0.25, 0.3) is 32.7 Å². The van der Waals surface area contributed by atoms with Gasteiger partial charge in [0, 0.05) is 22.3 Å². The smallest absolute Gasteiger partial charge is 0.132 e. The minimum atomic E-state index is 0.380. The van der Waals surface area contributed by atoms with E-state index in [4.69, 9.17) is 32.7 Å². The van der Waals surface area contributed by atoms with Gasteiger partial charge in [-0.05, 0) is 46.5 Å². The molecule has 4 aromatic carbocycles. The van der Waals surface area contributed by atoms with Crippen molar-refractivity contribution in [1.82, 2.24) is 0 Å². The van der Waals surface area contributed by atoms with Gasteiger partial charge < -0.3 is 9.47 Å². The van der Waals surface area contributed by atoms with E-state index >= 15 is 0 Å². The highest BCUT2D eigenvalue weighted by Gasteiger charge is 2.24. The number of rotatable bonds is 19. The first kappa shape index (κ1) is 32.5. The van der Waals surface area contributed by atoms with Crippen LogP contribution in [-0.4, -0.2) is 13.2 Å². The minimum absolute atomic E-state index is 0.380. The van der Waals surface area contributed by atoms with E-state index in [0.29, 0.717) is 25.0 Å². The Morgan fingerprint density at radius 1 is 0.500 bits per heavy atom. The van der Waals surface area contributed by atoms with Crippen LogP contribution in [-0.2, 0) is 11.8 Å². The molecule has 4 aromatic rings. The highest BCUT2D eigenvalue weighted by atomic mass is 35.5. The molecule has 0 spiro atoms. The summed E-state index contributed by atoms with van der Waals surface area (Å²) in [6.07, 6.45) is 14.6. The predicted molar refractivity (Wildman–Crippen MR) is 184 cm³/mol. The summed E-state index contributed by atoms with van der Waals surface area (Å²) in [6, 6.07) is 21.5. The molecule has 226 valence electrons. The molecule has 4 heteroatoms. The van der Waals surface area contributed by atoms with Crippen LogP contribution in [0.4, 0.5) is 0 Å². The molecule has 0 N–H and O–H groups in total. The first-order chi connectivity index (χ1) is 20.7. The minimum Gasteiger partial charge on any atom is -0.493 e. The summed E-state index contributed by atoms with van der Waals surface area (Å²) in [5.41, 5.74) is 4.16. The summed E-state index contributed by atoms with van der Waals surface area (Å²) >= 11 is 13.3. The van der Waals surface area contributed by atoms with Gasteiger partial charge >= 0.3 is 0 Å². The van der Waals surface area contributed by atoms with Crippen molar-refractivity contribution in [3.05, 3.63) is 71.8 Å². The van der Waals surface area contributed by atoms with Crippen LogP contribution >= 0.6 is 23.2 Å². The highest BCUT2D eigenvalue weighted by Crippen LogP contribution is 2.49. The molecule has 0 aromatic heterocycles. The molecule has 0 heterocycles. The van der Waals surface area contributed by atoms with Crippen LogP contribution in [0.2, 0.25) is 0 Å². The zero-order chi connectivity index (χ0) is 29.6. The van der Waals surface area contributed by atoms with Crippen molar-refractivity contribution in [2.24, 2.45) is 0 Å². The first-order valence-corrected chi connectivity index (χ1v) is 17.3. The van der Waals surface area contributed by atoms with Gasteiger partial charge in [0.15, 0.2) is 0 Å². The van der Waals surface area contributed by atoms with Crippen molar-refractivity contribution in [3.8, 4) is 22.6 Å². The van der Waals surface area contributed by atoms with E-state index in [1.807, 2.05) is 0 Å². The van der Waals surface area contributed by atoms with Crippen molar-refractivity contribution in [1.29, 1.82) is 0 Å². The highest BCUT2D eigenvalue weighted by molar-refractivity contribution is 6.19. The molecule has 0 saturated heterocycles. The molecular formula is C38H48Cl2O2. The van der Waals surface area contributed by atoms with Gasteiger partial charge in [0.05, 0.1) is 25.0 Å². The van der Waals surface area contributed by atoms with Gasteiger partial charge in [-0.1, -0.05) is 127 Å². The Morgan fingerprint density at radius 2 is 0.881 bits per heavy atom. The lowest BCUT2D eigenvalue weighted by molar-refractivity contribution is 0.299. The van der Waals surface area contributed by atoms with Gasteiger partial charge in [-0.3, -0.25) is 0 Å². The standard InChI is InChI=1S/C38H48Cl2O2/c1-3-5-7-9-11-17-23-41-37-31(27-39)25-29-19-13-15-21-33(29)35(37)36-34-22-16-14-20-30(34)26-32(28-40)38(36)42-24-18-12-10-8-6-4-2/h13-16,19-22,25-26H,3-12,17-18,23-24,27-28H2,1-2H3. The second-order valence-corrected chi connectivity index (χ2v) is 12.0. The average Bonchev–Trinajstić information content (AvgIpc) is 3.03. The van der Waals surface area contributed by atoms with E-state index < -0.39 is 0 Å². The van der Waals surface area contributed by atoms with Crippen molar-refractivity contribution >= 4 is 44.7 Å². The lowest BCUT2D eigenvalue weighted by Gasteiger charge is -2.23. The molecule has 0 fully saturated rings. The molecule has 2 nitrogen and oxygen atoms in total. The van der Waals surface area contributed by atoms with Gasteiger partial charge in [-0.25, -0.2) is 0 Å². The molecule has 0 radical (unpaired) electrons. The van der Waals surface area contributed by atoms with Crippen molar-refractivity contribution < 1.29 is 9.47 Å². The van der Waals surface area contributed by atoms with Gasteiger partial charge in [0.1, 0.15) is 11.5 Å². The summed E-state index contributed by atoms with van der Waals surface area (Å²) in [6.45, 7) is 5.85. The van der Waals surface area contributed by atoms with Crippen LogP contribution in [0.3, 0.4) is 0 Å². The monoisotopic (exact) mass is 606 g/mol. The van der Waals surface area contributed by atoms with Crippen molar-refractivity contribution in [3.63, 3.8) is 0 Å². The van der Waals surface area contributed by atoms with E-state index in [1.54, 1.807) is 0 Å². The van der Waals surface area contributed by atoms with Crippen LogP contribution in [0.1, 0.15) is 102 Å². The molecule has 0 amide bonds. The van der Waals surface area contributed by atoms with Gasteiger partial charge in [-0.15, -0.1) is 23.2 Å². The van der Waals surface area contributed by atoms with Gasteiger partial charge in [0.25, 0.3) is 0 Å². The molecule has 0 unspecified atom stereocenters. The molecule has 0 aliphatic carbocycles. The summed E-state index contributed by atoms with van der Waals surface area (Å²) in [5.74, 6) is 2.51. The SMILES string of the molecule is CCCCCCCCOc1c(CCl)cc2ccccc2c1-c1c(OCCCCCCCC)c(CCl)cc2ccccc12. The molecular weight excluding hydrogens is 559 g/mol. The number of halogens is 2. The number of benzene rings is 4. The van der Waals surface area contributed by atoms with Gasteiger partial charge in [-0.2, -0.15) is 0 Å². The Bertz CT molecular complexity index is 1290. The fraction of sp³-hybridized carbons (Fsp3) is 0.474. The largest absolute Gasteiger partial charge is 0.493 e. The van der Waals surface area contributed by atoms with Crippen LogP contribution < -0.4 is 9.47 Å². The third-order valence-corrected chi connectivity index (χ3v) is 8.76. The van der Waals surface area contributed by atoms with E-state index in [0.717, 1.165) is 68.1 Å². The Kier molecular flexibility index (Phi) is 13.6. The maximum absolute atomic E-state index is 6.71. The third kappa shape index (κ3) is 8.35. The fourth-order valence-corrected chi connectivity index (χ4v) is 6.31. The maximum Gasteiger partial charge on any atom is 0.132 e. The lowest BCUT2D eigenvalue weighted by atomic mass is 9.89. The van der Waals surface area contributed by atoms with E-state index in [9.17, 15) is 0 Å². The first-order valence-electron chi connectivity index (χ1n) is 16.2. The van der Waals surface area contributed by atoms with Crippen LogP contribution in [0, 0.1) is 0 Å². The number of alkyl halides is 2. The zero-order valence-electron chi connectivity index (χ0n) is 25.7. The second-order valence-electron chi connectivity index (χ2n) is 11.4. The average molecular weight is 608 g/mol. The molecule has 0 aliphatic rings. The molecule has 0 saturated carbocycles. The number of unbranched alkanes of at least 4 members (excludes halogenated alkanes) is 10. The Morgan fingerprint density at radius 3 is 1.29 bits per heavy atom. The number of hydrogen-bond donors (Lipinski definition) is 0. The summed E-state index contributed by atoms with van der Waals surface area (Å²) in [7, 11) is 0. The molecule has 0 aliphatic heterocycles. The third-order valence-electron chi connectivity index (χ3n) is 8.18. The molecule has 4 rings (SSSR count). The van der Waals surface area contributed by atoms with Crippen molar-refractivity contribution in [2.75, 3.05) is 13.2 Å². The van der Waals surface area contributed by atoms with Gasteiger partial charge in [0.2, 0.25) is 0 Å². The lowest BCUT2D eigenvalue weighted by Crippen LogP contribution is -2.06. The van der Waals surface area contributed by atoms with E-state index in [-0.39, 0.29) is 0 Å². The molecule has 0 atom stereocenters. The number of ether oxygens (including phenoxy) is 2. The van der Waals surface area contributed by atoms with E-state index in [1.165, 1.54) is 64.2 Å². The van der Waals surface area contributed by atoms with E-state index in [2.05, 4.69) is 74.5 Å². The fourth-order valence-electron chi connectivity index (χ4n) is 5.91. The molecule has 0 bridgehead atoms. The molecule has 42 heavy (non-hydrogen) atoms. The predicted octanol–water partition coefficient (Wildman–Crippen LogP) is 12.6. The Balaban J connectivity index is 1.79.